The number of amides is 1. The number of nitrogens with one attached hydrogen (secondary N) is 1. The predicted octanol–water partition coefficient (Wildman–Crippen LogP) is 8.08. The first-order chi connectivity index (χ1) is 21.9. The fraction of sp³-hybridized carbons (Fsp3) is 0.0857. The van der Waals surface area contributed by atoms with Crippen LogP contribution in [0, 0.1) is 0 Å². The second kappa shape index (κ2) is 13.3. The molecule has 0 atom stereocenters. The molecular formula is C35H26BrClN4O4. The molecule has 0 bridgehead atoms. The van der Waals surface area contributed by atoms with E-state index in [4.69, 9.17) is 30.8 Å². The number of carbonyl (C=O) groups excluding carboxylic acids is 1. The SMILES string of the molecule is COc1cc2cc(/C=N\NC(=O)COc3ccc(-c4cc(-c5ccccc5)c5cc(Br)ccc5n4)cc3)c(Cl)nc2cc1OC. The van der Waals surface area contributed by atoms with Gasteiger partial charge in [0, 0.05) is 32.4 Å². The van der Waals surface area contributed by atoms with Crippen molar-refractivity contribution in [2.75, 3.05) is 20.8 Å². The highest BCUT2D eigenvalue weighted by Gasteiger charge is 2.12. The first-order valence-electron chi connectivity index (χ1n) is 13.8. The van der Waals surface area contributed by atoms with Crippen molar-refractivity contribution in [3.05, 3.63) is 112 Å². The molecule has 0 unspecified atom stereocenters. The number of aromatic nitrogens is 2. The fourth-order valence-electron chi connectivity index (χ4n) is 4.86. The first kappa shape index (κ1) is 30.1. The largest absolute Gasteiger partial charge is 0.493 e. The summed E-state index contributed by atoms with van der Waals surface area (Å²) in [6.45, 7) is -0.224. The third-order valence-corrected chi connectivity index (χ3v) is 7.87. The van der Waals surface area contributed by atoms with E-state index in [0.717, 1.165) is 43.1 Å². The van der Waals surface area contributed by atoms with E-state index in [1.54, 1.807) is 32.4 Å². The zero-order valence-electron chi connectivity index (χ0n) is 24.3. The van der Waals surface area contributed by atoms with Crippen LogP contribution in [0.3, 0.4) is 0 Å². The van der Waals surface area contributed by atoms with Crippen molar-refractivity contribution < 1.29 is 19.0 Å². The molecule has 6 aromatic rings. The Balaban J connectivity index is 1.12. The van der Waals surface area contributed by atoms with Crippen molar-refractivity contribution in [2.24, 2.45) is 5.10 Å². The number of hydrogen-bond donors (Lipinski definition) is 1. The van der Waals surface area contributed by atoms with Crippen molar-refractivity contribution >= 4 is 61.5 Å². The average Bonchev–Trinajstić information content (AvgIpc) is 3.07. The third kappa shape index (κ3) is 6.74. The van der Waals surface area contributed by atoms with Gasteiger partial charge in [-0.25, -0.2) is 15.4 Å². The number of fused-ring (bicyclic) bond motifs is 2. The van der Waals surface area contributed by atoms with Gasteiger partial charge in [-0.15, -0.1) is 0 Å². The maximum Gasteiger partial charge on any atom is 0.277 e. The zero-order chi connectivity index (χ0) is 31.3. The average molecular weight is 682 g/mol. The molecule has 2 heterocycles. The normalized spacial score (nSPS) is 11.2. The van der Waals surface area contributed by atoms with Crippen molar-refractivity contribution in [3.8, 4) is 39.6 Å². The Morgan fingerprint density at radius 2 is 1.62 bits per heavy atom. The van der Waals surface area contributed by atoms with Gasteiger partial charge in [-0.3, -0.25) is 4.79 Å². The summed E-state index contributed by atoms with van der Waals surface area (Å²) in [5.74, 6) is 1.22. The van der Waals surface area contributed by atoms with E-state index in [1.807, 2.05) is 54.6 Å². The Bertz CT molecular complexity index is 2050. The molecule has 0 saturated heterocycles. The summed E-state index contributed by atoms with van der Waals surface area (Å²) in [6, 6.07) is 31.2. The number of rotatable bonds is 9. The lowest BCUT2D eigenvalue weighted by Crippen LogP contribution is -2.24. The Morgan fingerprint density at radius 3 is 2.38 bits per heavy atom. The summed E-state index contributed by atoms with van der Waals surface area (Å²) in [6.07, 6.45) is 1.43. The standard InChI is InChI=1S/C35H26BrClN4O4/c1-43-32-15-23-14-24(35(37)40-31(23)18-33(32)44-2)19-38-41-34(42)20-45-26-11-8-22(9-12-26)30-17-27(21-6-4-3-5-7-21)28-16-25(36)10-13-29(28)39-30/h3-19H,20H2,1-2H3,(H,41,42)/b38-19-. The summed E-state index contributed by atoms with van der Waals surface area (Å²) in [7, 11) is 3.11. The number of pyridine rings is 2. The minimum Gasteiger partial charge on any atom is -0.493 e. The second-order valence-electron chi connectivity index (χ2n) is 9.96. The summed E-state index contributed by atoms with van der Waals surface area (Å²) >= 11 is 9.93. The highest BCUT2D eigenvalue weighted by atomic mass is 79.9. The Labute approximate surface area is 272 Å². The predicted molar refractivity (Wildman–Crippen MR) is 181 cm³/mol. The molecule has 1 N–H and O–H groups in total. The molecule has 2 aromatic heterocycles. The number of ether oxygens (including phenoxy) is 3. The zero-order valence-corrected chi connectivity index (χ0v) is 26.6. The number of benzene rings is 4. The molecule has 45 heavy (non-hydrogen) atoms. The Kier molecular flexibility index (Phi) is 8.91. The fourth-order valence-corrected chi connectivity index (χ4v) is 5.42. The van der Waals surface area contributed by atoms with Crippen molar-refractivity contribution in [3.63, 3.8) is 0 Å². The van der Waals surface area contributed by atoms with Gasteiger partial charge in [-0.2, -0.15) is 5.10 Å². The molecule has 1 amide bonds. The first-order valence-corrected chi connectivity index (χ1v) is 15.0. The Hall–Kier alpha value is -4.99. The van der Waals surface area contributed by atoms with Crippen LogP contribution in [0.15, 0.2) is 107 Å². The molecular weight excluding hydrogens is 656 g/mol. The molecule has 8 nitrogen and oxygen atoms in total. The van der Waals surface area contributed by atoms with Gasteiger partial charge in [-0.1, -0.05) is 57.9 Å². The third-order valence-electron chi connectivity index (χ3n) is 7.07. The monoisotopic (exact) mass is 680 g/mol. The van der Waals surface area contributed by atoms with E-state index >= 15 is 0 Å². The number of hydrazone groups is 1. The van der Waals surface area contributed by atoms with Crippen LogP contribution < -0.4 is 19.6 Å². The van der Waals surface area contributed by atoms with E-state index in [0.29, 0.717) is 28.3 Å². The van der Waals surface area contributed by atoms with Crippen LogP contribution in [-0.2, 0) is 4.79 Å². The Morgan fingerprint density at radius 1 is 0.867 bits per heavy atom. The lowest BCUT2D eigenvalue weighted by molar-refractivity contribution is -0.123. The van der Waals surface area contributed by atoms with Crippen LogP contribution in [0.1, 0.15) is 5.56 Å². The summed E-state index contributed by atoms with van der Waals surface area (Å²) in [4.78, 5) is 21.7. The van der Waals surface area contributed by atoms with Gasteiger partial charge in [0.15, 0.2) is 18.1 Å². The topological polar surface area (TPSA) is 94.9 Å². The van der Waals surface area contributed by atoms with Crippen LogP contribution in [-0.4, -0.2) is 42.9 Å². The quantitative estimate of drug-likeness (QED) is 0.0942. The van der Waals surface area contributed by atoms with Crippen LogP contribution >= 0.6 is 27.5 Å². The number of nitrogens with zero attached hydrogens (tertiary/aromatic N) is 3. The van der Waals surface area contributed by atoms with E-state index < -0.39 is 5.91 Å². The molecule has 0 radical (unpaired) electrons. The van der Waals surface area contributed by atoms with Crippen LogP contribution in [0.5, 0.6) is 17.2 Å². The maximum atomic E-state index is 12.4. The molecule has 6 rings (SSSR count). The van der Waals surface area contributed by atoms with Crippen LogP contribution in [0.4, 0.5) is 0 Å². The molecule has 0 aliphatic heterocycles. The second-order valence-corrected chi connectivity index (χ2v) is 11.2. The molecule has 0 aliphatic carbocycles. The van der Waals surface area contributed by atoms with Gasteiger partial charge < -0.3 is 14.2 Å². The number of methoxy groups -OCH3 is 2. The molecule has 0 saturated carbocycles. The van der Waals surface area contributed by atoms with E-state index in [9.17, 15) is 4.79 Å². The molecule has 0 fully saturated rings. The highest BCUT2D eigenvalue weighted by molar-refractivity contribution is 9.10. The minimum absolute atomic E-state index is 0.224. The number of hydrogen-bond acceptors (Lipinski definition) is 7. The van der Waals surface area contributed by atoms with Gasteiger partial charge in [0.1, 0.15) is 10.9 Å². The maximum absolute atomic E-state index is 12.4. The highest BCUT2D eigenvalue weighted by Crippen LogP contribution is 2.35. The van der Waals surface area contributed by atoms with Crippen molar-refractivity contribution in [1.82, 2.24) is 15.4 Å². The van der Waals surface area contributed by atoms with E-state index in [2.05, 4.69) is 55.7 Å². The van der Waals surface area contributed by atoms with Gasteiger partial charge in [-0.05, 0) is 71.8 Å². The van der Waals surface area contributed by atoms with Crippen molar-refractivity contribution in [2.45, 2.75) is 0 Å². The van der Waals surface area contributed by atoms with E-state index in [-0.39, 0.29) is 11.8 Å². The van der Waals surface area contributed by atoms with Crippen LogP contribution in [0.25, 0.3) is 44.2 Å². The molecule has 0 aliphatic rings. The molecule has 224 valence electrons. The smallest absolute Gasteiger partial charge is 0.277 e. The molecule has 4 aromatic carbocycles. The van der Waals surface area contributed by atoms with Crippen LogP contribution in [0.2, 0.25) is 5.15 Å². The molecule has 10 heteroatoms. The summed E-state index contributed by atoms with van der Waals surface area (Å²) in [5.41, 5.74) is 8.48. The van der Waals surface area contributed by atoms with Crippen molar-refractivity contribution in [1.29, 1.82) is 0 Å². The van der Waals surface area contributed by atoms with Gasteiger partial charge in [0.05, 0.1) is 37.2 Å². The van der Waals surface area contributed by atoms with Gasteiger partial charge in [0.25, 0.3) is 5.91 Å². The number of carbonyl (C=O) groups is 1. The van der Waals surface area contributed by atoms with Gasteiger partial charge >= 0.3 is 0 Å². The molecule has 0 spiro atoms. The lowest BCUT2D eigenvalue weighted by Gasteiger charge is -2.11. The lowest BCUT2D eigenvalue weighted by atomic mass is 9.98. The summed E-state index contributed by atoms with van der Waals surface area (Å²) in [5, 5.41) is 6.09. The minimum atomic E-state index is -0.429. The number of halogens is 2. The summed E-state index contributed by atoms with van der Waals surface area (Å²) < 4.78 is 17.4. The van der Waals surface area contributed by atoms with E-state index in [1.165, 1.54) is 6.21 Å². The van der Waals surface area contributed by atoms with Gasteiger partial charge in [0.2, 0.25) is 0 Å².